The van der Waals surface area contributed by atoms with Gasteiger partial charge in [-0.15, -0.1) is 0 Å². The molecule has 0 bridgehead atoms. The average Bonchev–Trinajstić information content (AvgIpc) is 2.75. The fraction of sp³-hybridized carbons (Fsp3) is 0.310. The van der Waals surface area contributed by atoms with Crippen LogP contribution in [-0.4, -0.2) is 11.3 Å². The second-order valence-corrected chi connectivity index (χ2v) is 11.6. The molecule has 0 aliphatic rings. The minimum Gasteiger partial charge on any atom is -0.313 e. The first-order valence-electron chi connectivity index (χ1n) is 11.3. The Kier molecular flexibility index (Phi) is 6.96. The molecule has 0 radical (unpaired) electrons. The lowest BCUT2D eigenvalue weighted by Gasteiger charge is -2.22. The number of rotatable bonds is 5. The number of hydrogen-bond donors (Lipinski definition) is 0. The maximum atomic E-state index is 13.6. The first kappa shape index (κ1) is 24.9. The molecule has 0 saturated carbocycles. The van der Waals surface area contributed by atoms with Crippen molar-refractivity contribution in [1.82, 2.24) is 0 Å². The zero-order valence-electron chi connectivity index (χ0n) is 20.8. The molecule has 0 aliphatic heterocycles. The Labute approximate surface area is 198 Å². The predicted octanol–water partition coefficient (Wildman–Crippen LogP) is 6.78. The van der Waals surface area contributed by atoms with Crippen LogP contribution in [-0.2, 0) is 9.98 Å². The molecule has 3 aromatic rings. The summed E-state index contributed by atoms with van der Waals surface area (Å²) in [6.45, 7) is 15.8. The molecule has 1 unspecified atom stereocenters. The maximum absolute atomic E-state index is 13.6. The molecule has 0 fully saturated rings. The number of ketones is 1. The van der Waals surface area contributed by atoms with Crippen molar-refractivity contribution in [2.75, 3.05) is 0 Å². The molecule has 3 nitrogen and oxygen atoms in total. The third kappa shape index (κ3) is 4.80. The van der Waals surface area contributed by atoms with Crippen LogP contribution in [0.4, 0.5) is 0 Å². The van der Waals surface area contributed by atoms with Gasteiger partial charge in [-0.25, -0.2) is 0 Å². The fourth-order valence-electron chi connectivity index (χ4n) is 4.39. The van der Waals surface area contributed by atoms with E-state index >= 15 is 0 Å². The number of carbonyl (C=O) groups excluding carboxylic acids is 2. The molecule has 0 amide bonds. The van der Waals surface area contributed by atoms with Crippen molar-refractivity contribution >= 4 is 24.4 Å². The fourth-order valence-corrected chi connectivity index (χ4v) is 6.20. The van der Waals surface area contributed by atoms with Crippen molar-refractivity contribution in [2.24, 2.45) is 0 Å². The van der Waals surface area contributed by atoms with Crippen LogP contribution in [0.3, 0.4) is 0 Å². The summed E-state index contributed by atoms with van der Waals surface area (Å²) >= 11 is 0. The highest BCUT2D eigenvalue weighted by molar-refractivity contribution is 7.71. The second-order valence-electron chi connectivity index (χ2n) is 9.95. The Morgan fingerprint density at radius 3 is 1.82 bits per heavy atom. The van der Waals surface area contributed by atoms with E-state index in [2.05, 4.69) is 20.8 Å². The topological polar surface area (TPSA) is 51.2 Å². The van der Waals surface area contributed by atoms with Crippen LogP contribution in [0, 0.1) is 34.6 Å². The maximum Gasteiger partial charge on any atom is 0.223 e. The molecule has 172 valence electrons. The lowest BCUT2D eigenvalue weighted by atomic mass is 9.84. The summed E-state index contributed by atoms with van der Waals surface area (Å²) in [5.74, 6) is -0.0682. The van der Waals surface area contributed by atoms with Crippen LogP contribution in [0.2, 0.25) is 0 Å². The first-order valence-corrected chi connectivity index (χ1v) is 12.7. The molecule has 33 heavy (non-hydrogen) atoms. The number of carbonyl (C=O) groups is 2. The van der Waals surface area contributed by atoms with Crippen LogP contribution in [0.1, 0.15) is 80.4 Å². The average molecular weight is 461 g/mol. The standard InChI is InChI=1S/C29H33O3P/c1-17-14-23(29(6,7)8)15-18(2)25(17)28(31)33(32)27-19(3)16-24(20(4)21(27)5)26(30)22-12-10-9-11-13-22/h9-16,33H,1-8H3. The Bertz CT molecular complexity index is 1260. The quantitative estimate of drug-likeness (QED) is 0.311. The molecule has 0 aromatic heterocycles. The number of benzene rings is 3. The summed E-state index contributed by atoms with van der Waals surface area (Å²) < 4.78 is 13.6. The molecule has 0 N–H and O–H groups in total. The van der Waals surface area contributed by atoms with Gasteiger partial charge in [0.2, 0.25) is 5.52 Å². The van der Waals surface area contributed by atoms with Crippen molar-refractivity contribution in [3.05, 3.63) is 98.6 Å². The van der Waals surface area contributed by atoms with Gasteiger partial charge in [-0.1, -0.05) is 63.2 Å². The van der Waals surface area contributed by atoms with Crippen molar-refractivity contribution in [3.8, 4) is 0 Å². The van der Waals surface area contributed by atoms with E-state index in [0.29, 0.717) is 22.0 Å². The molecule has 4 heteroatoms. The van der Waals surface area contributed by atoms with Crippen LogP contribution in [0.15, 0.2) is 48.5 Å². The molecule has 0 heterocycles. The highest BCUT2D eigenvalue weighted by Crippen LogP contribution is 2.36. The second kappa shape index (κ2) is 9.23. The van der Waals surface area contributed by atoms with Gasteiger partial charge in [0.25, 0.3) is 0 Å². The van der Waals surface area contributed by atoms with Crippen molar-refractivity contribution in [2.45, 2.75) is 60.8 Å². The normalized spacial score (nSPS) is 12.5. The smallest absolute Gasteiger partial charge is 0.223 e. The van der Waals surface area contributed by atoms with Gasteiger partial charge in [0.15, 0.2) is 13.6 Å². The Hall–Kier alpha value is -2.77. The zero-order valence-corrected chi connectivity index (χ0v) is 21.8. The van der Waals surface area contributed by atoms with Gasteiger partial charge < -0.3 is 4.57 Å². The summed E-state index contributed by atoms with van der Waals surface area (Å²) in [4.78, 5) is 26.5. The van der Waals surface area contributed by atoms with Crippen LogP contribution < -0.4 is 5.30 Å². The minimum atomic E-state index is -2.78. The van der Waals surface area contributed by atoms with E-state index in [1.807, 2.05) is 65.0 Å². The molecule has 0 aliphatic carbocycles. The number of hydrogen-bond acceptors (Lipinski definition) is 3. The minimum absolute atomic E-state index is 0.0340. The summed E-state index contributed by atoms with van der Waals surface area (Å²) in [7, 11) is -2.78. The van der Waals surface area contributed by atoms with Gasteiger partial charge in [-0.2, -0.15) is 0 Å². The molecule has 3 aromatic carbocycles. The van der Waals surface area contributed by atoms with Gasteiger partial charge in [0.05, 0.1) is 0 Å². The van der Waals surface area contributed by atoms with Crippen LogP contribution in [0.5, 0.6) is 0 Å². The summed E-state index contributed by atoms with van der Waals surface area (Å²) in [6.07, 6.45) is 0. The van der Waals surface area contributed by atoms with Gasteiger partial charge in [-0.05, 0) is 79.5 Å². The van der Waals surface area contributed by atoms with Crippen LogP contribution in [0.25, 0.3) is 0 Å². The van der Waals surface area contributed by atoms with E-state index < -0.39 is 7.80 Å². The van der Waals surface area contributed by atoms with Gasteiger partial charge in [0, 0.05) is 22.0 Å². The zero-order chi connectivity index (χ0) is 24.7. The van der Waals surface area contributed by atoms with Gasteiger partial charge in [-0.3, -0.25) is 9.59 Å². The molecule has 0 spiro atoms. The lowest BCUT2D eigenvalue weighted by molar-refractivity contribution is 0.103. The molecular formula is C29H33O3P. The van der Waals surface area contributed by atoms with E-state index in [4.69, 9.17) is 0 Å². The van der Waals surface area contributed by atoms with E-state index in [0.717, 1.165) is 33.4 Å². The van der Waals surface area contributed by atoms with E-state index in [1.165, 1.54) is 0 Å². The summed E-state index contributed by atoms with van der Waals surface area (Å²) in [6, 6.07) is 15.0. The Balaban J connectivity index is 2.06. The highest BCUT2D eigenvalue weighted by atomic mass is 31.1. The molecular weight excluding hydrogens is 427 g/mol. The lowest BCUT2D eigenvalue weighted by Crippen LogP contribution is -2.18. The number of aryl methyl sites for hydroxylation is 3. The SMILES string of the molecule is Cc1cc(C(C)(C)C)cc(C)c1C(=O)[PH](=O)c1c(C)cc(C(=O)c2ccccc2)c(C)c1C. The van der Waals surface area contributed by atoms with Crippen molar-refractivity contribution in [1.29, 1.82) is 0 Å². The van der Waals surface area contributed by atoms with E-state index in [9.17, 15) is 14.2 Å². The van der Waals surface area contributed by atoms with Crippen LogP contribution >= 0.6 is 7.80 Å². The third-order valence-electron chi connectivity index (χ3n) is 6.44. The van der Waals surface area contributed by atoms with Gasteiger partial charge in [0.1, 0.15) is 0 Å². The van der Waals surface area contributed by atoms with Gasteiger partial charge >= 0.3 is 0 Å². The molecule has 0 saturated heterocycles. The predicted molar refractivity (Wildman–Crippen MR) is 138 cm³/mol. The van der Waals surface area contributed by atoms with E-state index in [-0.39, 0.29) is 16.7 Å². The Morgan fingerprint density at radius 2 is 1.30 bits per heavy atom. The largest absolute Gasteiger partial charge is 0.313 e. The first-order chi connectivity index (χ1) is 15.3. The monoisotopic (exact) mass is 460 g/mol. The third-order valence-corrected chi connectivity index (χ3v) is 8.32. The summed E-state index contributed by atoms with van der Waals surface area (Å²) in [5, 5.41) is 0.575. The molecule has 1 atom stereocenters. The Morgan fingerprint density at radius 1 is 0.758 bits per heavy atom. The van der Waals surface area contributed by atoms with Crippen molar-refractivity contribution in [3.63, 3.8) is 0 Å². The van der Waals surface area contributed by atoms with Crippen molar-refractivity contribution < 1.29 is 14.2 Å². The molecule has 3 rings (SSSR count). The summed E-state index contributed by atoms with van der Waals surface area (Å²) in [5.41, 5.74) is 6.50. The highest BCUT2D eigenvalue weighted by Gasteiger charge is 2.27. The van der Waals surface area contributed by atoms with E-state index in [1.54, 1.807) is 18.2 Å².